The van der Waals surface area contributed by atoms with Crippen molar-refractivity contribution in [1.29, 1.82) is 10.5 Å². The Hall–Kier alpha value is -2.11. The Morgan fingerprint density at radius 2 is 2.15 bits per heavy atom. The molecule has 0 aromatic carbocycles. The normalized spacial score (nSPS) is 18.1. The van der Waals surface area contributed by atoms with Crippen molar-refractivity contribution in [2.75, 3.05) is 32.1 Å². The summed E-state index contributed by atoms with van der Waals surface area (Å²) in [5.74, 6) is 0.729. The minimum Gasteiger partial charge on any atom is -0.354 e. The van der Waals surface area contributed by atoms with Gasteiger partial charge in [0.1, 0.15) is 18.0 Å². The molecule has 1 fully saturated rings. The standard InChI is InChI=1S/C15H19N5/c1-4-13-11(7-16)9-18-15(14(13)8-17)20-6-5-12(10-20)19(2)3/h9,12H,4-6,10H2,1-3H3/t12-/m0/s1. The van der Waals surface area contributed by atoms with Crippen LogP contribution in [0.1, 0.15) is 30.0 Å². The number of anilines is 1. The number of hydrogen-bond donors (Lipinski definition) is 0. The number of nitrogens with zero attached hydrogens (tertiary/aromatic N) is 5. The predicted molar refractivity (Wildman–Crippen MR) is 77.4 cm³/mol. The van der Waals surface area contributed by atoms with Gasteiger partial charge in [0.05, 0.1) is 11.1 Å². The summed E-state index contributed by atoms with van der Waals surface area (Å²) in [4.78, 5) is 8.73. The maximum atomic E-state index is 9.45. The van der Waals surface area contributed by atoms with E-state index in [9.17, 15) is 5.26 Å². The van der Waals surface area contributed by atoms with Gasteiger partial charge in [0.2, 0.25) is 0 Å². The minimum absolute atomic E-state index is 0.490. The highest BCUT2D eigenvalue weighted by Crippen LogP contribution is 2.27. The smallest absolute Gasteiger partial charge is 0.146 e. The van der Waals surface area contributed by atoms with Gasteiger partial charge in [-0.05, 0) is 32.5 Å². The van der Waals surface area contributed by atoms with Crippen LogP contribution in [0.2, 0.25) is 0 Å². The van der Waals surface area contributed by atoms with Gasteiger partial charge >= 0.3 is 0 Å². The van der Waals surface area contributed by atoms with Gasteiger partial charge in [0, 0.05) is 25.3 Å². The molecule has 1 atom stereocenters. The zero-order chi connectivity index (χ0) is 14.7. The lowest BCUT2D eigenvalue weighted by Crippen LogP contribution is -2.32. The van der Waals surface area contributed by atoms with Crippen LogP contribution in [-0.4, -0.2) is 43.1 Å². The van der Waals surface area contributed by atoms with Crippen LogP contribution in [0.5, 0.6) is 0 Å². The third-order valence-corrected chi connectivity index (χ3v) is 3.95. The quantitative estimate of drug-likeness (QED) is 0.832. The summed E-state index contributed by atoms with van der Waals surface area (Å²) in [6, 6.07) is 4.86. The van der Waals surface area contributed by atoms with Crippen molar-refractivity contribution in [2.45, 2.75) is 25.8 Å². The van der Waals surface area contributed by atoms with E-state index in [2.05, 4.69) is 41.0 Å². The van der Waals surface area contributed by atoms with Crippen molar-refractivity contribution < 1.29 is 0 Å². The van der Waals surface area contributed by atoms with Crippen LogP contribution in [0.4, 0.5) is 5.82 Å². The van der Waals surface area contributed by atoms with E-state index in [1.54, 1.807) is 6.20 Å². The van der Waals surface area contributed by atoms with Crippen molar-refractivity contribution in [1.82, 2.24) is 9.88 Å². The Labute approximate surface area is 120 Å². The number of pyridine rings is 1. The molecule has 0 radical (unpaired) electrons. The number of aromatic nitrogens is 1. The second kappa shape index (κ2) is 5.90. The highest BCUT2D eigenvalue weighted by atomic mass is 15.3. The molecule has 2 heterocycles. The van der Waals surface area contributed by atoms with Gasteiger partial charge in [0.15, 0.2) is 0 Å². The first-order valence-electron chi connectivity index (χ1n) is 6.85. The fraction of sp³-hybridized carbons (Fsp3) is 0.533. The maximum Gasteiger partial charge on any atom is 0.146 e. The Morgan fingerprint density at radius 1 is 1.40 bits per heavy atom. The summed E-state index contributed by atoms with van der Waals surface area (Å²) in [5.41, 5.74) is 1.88. The molecule has 2 rings (SSSR count). The van der Waals surface area contributed by atoms with Crippen molar-refractivity contribution in [2.24, 2.45) is 0 Å². The largest absolute Gasteiger partial charge is 0.354 e. The molecule has 20 heavy (non-hydrogen) atoms. The summed E-state index contributed by atoms with van der Waals surface area (Å²) in [6.07, 6.45) is 3.34. The molecule has 5 nitrogen and oxygen atoms in total. The van der Waals surface area contributed by atoms with Gasteiger partial charge in [-0.1, -0.05) is 6.92 Å². The number of hydrogen-bond acceptors (Lipinski definition) is 5. The first-order chi connectivity index (χ1) is 9.62. The SMILES string of the molecule is CCc1c(C#N)cnc(N2CC[C@H](N(C)C)C2)c1C#N. The van der Waals surface area contributed by atoms with Crippen molar-refractivity contribution in [3.8, 4) is 12.1 Å². The fourth-order valence-electron chi connectivity index (χ4n) is 2.71. The molecule has 1 saturated heterocycles. The van der Waals surface area contributed by atoms with E-state index in [0.717, 1.165) is 30.9 Å². The first kappa shape index (κ1) is 14.3. The van der Waals surface area contributed by atoms with E-state index < -0.39 is 0 Å². The summed E-state index contributed by atoms with van der Waals surface area (Å²) in [5, 5.41) is 18.6. The van der Waals surface area contributed by atoms with Crippen LogP contribution in [0.15, 0.2) is 6.20 Å². The van der Waals surface area contributed by atoms with E-state index in [4.69, 9.17) is 5.26 Å². The van der Waals surface area contributed by atoms with Crippen LogP contribution in [0.25, 0.3) is 0 Å². The van der Waals surface area contributed by atoms with Gasteiger partial charge in [-0.25, -0.2) is 4.98 Å². The summed E-state index contributed by atoms with van der Waals surface area (Å²) in [6.45, 7) is 3.75. The second-order valence-electron chi connectivity index (χ2n) is 5.28. The molecule has 0 N–H and O–H groups in total. The summed E-state index contributed by atoms with van der Waals surface area (Å²) in [7, 11) is 4.14. The molecule has 0 amide bonds. The van der Waals surface area contributed by atoms with Crippen molar-refractivity contribution >= 4 is 5.82 Å². The molecule has 0 saturated carbocycles. The molecule has 0 spiro atoms. The van der Waals surface area contributed by atoms with Gasteiger partial charge in [-0.3, -0.25) is 0 Å². The Bertz CT molecular complexity index is 579. The average molecular weight is 269 g/mol. The van der Waals surface area contributed by atoms with E-state index >= 15 is 0 Å². The second-order valence-corrected chi connectivity index (χ2v) is 5.28. The zero-order valence-corrected chi connectivity index (χ0v) is 12.2. The first-order valence-corrected chi connectivity index (χ1v) is 6.85. The summed E-state index contributed by atoms with van der Waals surface area (Å²) >= 11 is 0. The van der Waals surface area contributed by atoms with Gasteiger partial charge in [0.25, 0.3) is 0 Å². The third kappa shape index (κ3) is 2.45. The number of likely N-dealkylation sites (N-methyl/N-ethyl adjacent to an activating group) is 1. The molecular weight excluding hydrogens is 250 g/mol. The number of rotatable bonds is 3. The number of nitriles is 2. The molecule has 1 aliphatic heterocycles. The average Bonchev–Trinajstić information content (AvgIpc) is 2.95. The lowest BCUT2D eigenvalue weighted by atomic mass is 10.0. The molecule has 0 aliphatic carbocycles. The molecular formula is C15H19N5. The maximum absolute atomic E-state index is 9.45. The monoisotopic (exact) mass is 269 g/mol. The third-order valence-electron chi connectivity index (χ3n) is 3.95. The predicted octanol–water partition coefficient (Wildman–Crippen LogP) is 1.53. The minimum atomic E-state index is 0.490. The molecule has 0 bridgehead atoms. The van der Waals surface area contributed by atoms with Crippen LogP contribution in [-0.2, 0) is 6.42 Å². The lowest BCUT2D eigenvalue weighted by Gasteiger charge is -2.22. The molecule has 1 aliphatic rings. The molecule has 1 aromatic rings. The van der Waals surface area contributed by atoms with Crippen molar-refractivity contribution in [3.63, 3.8) is 0 Å². The van der Waals surface area contributed by atoms with Crippen LogP contribution < -0.4 is 4.90 Å². The van der Waals surface area contributed by atoms with Crippen molar-refractivity contribution in [3.05, 3.63) is 22.9 Å². The molecule has 5 heteroatoms. The van der Waals surface area contributed by atoms with Gasteiger partial charge in [-0.2, -0.15) is 10.5 Å². The zero-order valence-electron chi connectivity index (χ0n) is 12.2. The summed E-state index contributed by atoms with van der Waals surface area (Å²) < 4.78 is 0. The van der Waals surface area contributed by atoms with E-state index in [1.807, 2.05) is 6.92 Å². The Kier molecular flexibility index (Phi) is 4.22. The van der Waals surface area contributed by atoms with E-state index in [-0.39, 0.29) is 0 Å². The van der Waals surface area contributed by atoms with Crippen LogP contribution in [0.3, 0.4) is 0 Å². The van der Waals surface area contributed by atoms with Gasteiger partial charge in [-0.15, -0.1) is 0 Å². The van der Waals surface area contributed by atoms with E-state index in [0.29, 0.717) is 23.6 Å². The highest BCUT2D eigenvalue weighted by molar-refractivity contribution is 5.62. The lowest BCUT2D eigenvalue weighted by molar-refractivity contribution is 0.315. The fourth-order valence-corrected chi connectivity index (χ4v) is 2.71. The Morgan fingerprint density at radius 3 is 2.65 bits per heavy atom. The van der Waals surface area contributed by atoms with Crippen LogP contribution in [0, 0.1) is 22.7 Å². The molecule has 104 valence electrons. The molecule has 1 aromatic heterocycles. The van der Waals surface area contributed by atoms with E-state index in [1.165, 1.54) is 0 Å². The van der Waals surface area contributed by atoms with Gasteiger partial charge < -0.3 is 9.80 Å². The van der Waals surface area contributed by atoms with Crippen LogP contribution >= 0.6 is 0 Å². The highest BCUT2D eigenvalue weighted by Gasteiger charge is 2.27. The Balaban J connectivity index is 2.39. The molecule has 0 unspecified atom stereocenters. The topological polar surface area (TPSA) is 67.0 Å².